The molecule has 0 aromatic heterocycles. The fraction of sp³-hybridized carbons (Fsp3) is 1.00. The number of fused-ring (bicyclic) bond motifs is 1. The second kappa shape index (κ2) is 11.5. The molecule has 0 N–H and O–H groups in total. The maximum Gasteiger partial charge on any atom is 0.0578 e. The van der Waals surface area contributed by atoms with Crippen LogP contribution in [0.15, 0.2) is 0 Å². The van der Waals surface area contributed by atoms with Gasteiger partial charge in [-0.3, -0.25) is 0 Å². The first-order valence-electron chi connectivity index (χ1n) is 10.9. The largest absolute Gasteiger partial charge is 0.378 e. The van der Waals surface area contributed by atoms with Crippen molar-refractivity contribution in [3.63, 3.8) is 0 Å². The fourth-order valence-electron chi connectivity index (χ4n) is 5.00. The fourth-order valence-corrected chi connectivity index (χ4v) is 5.00. The van der Waals surface area contributed by atoms with Crippen LogP contribution in [0.1, 0.15) is 110 Å². The van der Waals surface area contributed by atoms with Crippen molar-refractivity contribution < 1.29 is 4.74 Å². The lowest BCUT2D eigenvalue weighted by Crippen LogP contribution is -2.34. The predicted octanol–water partition coefficient (Wildman–Crippen LogP) is 7.14. The van der Waals surface area contributed by atoms with Gasteiger partial charge in [0.2, 0.25) is 0 Å². The van der Waals surface area contributed by atoms with E-state index in [1.165, 1.54) is 89.9 Å². The van der Waals surface area contributed by atoms with Gasteiger partial charge in [0.25, 0.3) is 0 Å². The molecule has 0 bridgehead atoms. The van der Waals surface area contributed by atoms with Gasteiger partial charge in [0.05, 0.1) is 6.10 Å². The summed E-state index contributed by atoms with van der Waals surface area (Å²) in [5.74, 6) is 3.09. The molecule has 0 heterocycles. The molecule has 0 spiro atoms. The van der Waals surface area contributed by atoms with Crippen LogP contribution >= 0.6 is 0 Å². The molecule has 0 amide bonds. The summed E-state index contributed by atoms with van der Waals surface area (Å²) in [6, 6.07) is 0. The van der Waals surface area contributed by atoms with E-state index >= 15 is 0 Å². The van der Waals surface area contributed by atoms with E-state index < -0.39 is 0 Å². The van der Waals surface area contributed by atoms with Crippen LogP contribution in [0, 0.1) is 17.8 Å². The van der Waals surface area contributed by atoms with Crippen LogP contribution in [0.5, 0.6) is 0 Å². The minimum absolute atomic E-state index is 0.596. The van der Waals surface area contributed by atoms with Crippen LogP contribution in [-0.2, 0) is 4.74 Å². The van der Waals surface area contributed by atoms with Crippen molar-refractivity contribution in [1.82, 2.24) is 0 Å². The second-order valence-corrected chi connectivity index (χ2v) is 8.42. The minimum atomic E-state index is 0.596. The highest BCUT2D eigenvalue weighted by atomic mass is 16.5. The standard InChI is InChI=1S/C22H42O/c1-3-5-7-8-9-11-19-12-13-21-18-22(15-14-20(21)17-19)23-16-10-6-4-2/h19-22H,3-18H2,1-2H3. The Labute approximate surface area is 146 Å². The third-order valence-electron chi connectivity index (χ3n) is 6.49. The number of ether oxygens (including phenoxy) is 1. The Balaban J connectivity index is 1.58. The first-order valence-corrected chi connectivity index (χ1v) is 10.9. The number of rotatable bonds is 11. The first-order chi connectivity index (χ1) is 11.3. The zero-order valence-corrected chi connectivity index (χ0v) is 16.0. The molecule has 2 aliphatic rings. The highest BCUT2D eigenvalue weighted by Gasteiger charge is 2.35. The van der Waals surface area contributed by atoms with E-state index in [2.05, 4.69) is 13.8 Å². The average molecular weight is 323 g/mol. The molecule has 2 rings (SSSR count). The van der Waals surface area contributed by atoms with Gasteiger partial charge in [0, 0.05) is 6.61 Å². The van der Waals surface area contributed by atoms with Gasteiger partial charge in [-0.25, -0.2) is 0 Å². The van der Waals surface area contributed by atoms with Gasteiger partial charge in [-0.05, 0) is 56.3 Å². The topological polar surface area (TPSA) is 9.23 Å². The van der Waals surface area contributed by atoms with E-state index in [9.17, 15) is 0 Å². The van der Waals surface area contributed by atoms with E-state index in [1.54, 1.807) is 6.42 Å². The zero-order valence-electron chi connectivity index (χ0n) is 16.0. The zero-order chi connectivity index (χ0) is 16.3. The molecule has 1 nitrogen and oxygen atoms in total. The number of hydrogen-bond donors (Lipinski definition) is 0. The van der Waals surface area contributed by atoms with Crippen LogP contribution in [0.2, 0.25) is 0 Å². The molecular weight excluding hydrogens is 280 g/mol. The molecule has 0 aromatic carbocycles. The molecule has 2 aliphatic carbocycles. The van der Waals surface area contributed by atoms with Crippen molar-refractivity contribution in [3.8, 4) is 0 Å². The molecule has 1 heteroatoms. The summed E-state index contributed by atoms with van der Waals surface area (Å²) in [7, 11) is 0. The Morgan fingerprint density at radius 2 is 1.39 bits per heavy atom. The van der Waals surface area contributed by atoms with Crippen molar-refractivity contribution >= 4 is 0 Å². The van der Waals surface area contributed by atoms with Gasteiger partial charge >= 0.3 is 0 Å². The van der Waals surface area contributed by atoms with E-state index in [0.717, 1.165) is 24.4 Å². The van der Waals surface area contributed by atoms with Crippen molar-refractivity contribution in [2.24, 2.45) is 17.8 Å². The quantitative estimate of drug-likeness (QED) is 0.367. The number of unbranched alkanes of at least 4 members (excludes halogenated alkanes) is 6. The van der Waals surface area contributed by atoms with Crippen LogP contribution in [0.4, 0.5) is 0 Å². The van der Waals surface area contributed by atoms with Crippen molar-refractivity contribution in [2.75, 3.05) is 6.61 Å². The summed E-state index contributed by atoms with van der Waals surface area (Å²) in [4.78, 5) is 0. The van der Waals surface area contributed by atoms with Crippen molar-refractivity contribution in [1.29, 1.82) is 0 Å². The first kappa shape index (κ1) is 19.3. The smallest absolute Gasteiger partial charge is 0.0578 e. The predicted molar refractivity (Wildman–Crippen MR) is 101 cm³/mol. The molecule has 2 fully saturated rings. The molecule has 23 heavy (non-hydrogen) atoms. The maximum atomic E-state index is 6.16. The third kappa shape index (κ3) is 7.16. The highest BCUT2D eigenvalue weighted by Crippen LogP contribution is 2.44. The average Bonchev–Trinajstić information content (AvgIpc) is 2.58. The molecule has 136 valence electrons. The highest BCUT2D eigenvalue weighted by molar-refractivity contribution is 4.86. The summed E-state index contributed by atoms with van der Waals surface area (Å²) in [6.07, 6.45) is 22.0. The minimum Gasteiger partial charge on any atom is -0.378 e. The summed E-state index contributed by atoms with van der Waals surface area (Å²) in [6.45, 7) is 5.59. The van der Waals surface area contributed by atoms with Crippen LogP contribution < -0.4 is 0 Å². The van der Waals surface area contributed by atoms with E-state index in [-0.39, 0.29) is 0 Å². The van der Waals surface area contributed by atoms with Crippen LogP contribution in [0.3, 0.4) is 0 Å². The Morgan fingerprint density at radius 1 is 0.696 bits per heavy atom. The Kier molecular flexibility index (Phi) is 9.65. The van der Waals surface area contributed by atoms with Gasteiger partial charge in [-0.1, -0.05) is 71.6 Å². The SMILES string of the molecule is CCCCCCCC1CCC2CC(OCCCCC)CCC2C1. The third-order valence-corrected chi connectivity index (χ3v) is 6.49. The molecule has 0 saturated heterocycles. The Bertz CT molecular complexity index is 288. The monoisotopic (exact) mass is 322 g/mol. The van der Waals surface area contributed by atoms with Crippen molar-refractivity contribution in [2.45, 2.75) is 116 Å². The van der Waals surface area contributed by atoms with Gasteiger partial charge in [-0.2, -0.15) is 0 Å². The summed E-state index contributed by atoms with van der Waals surface area (Å²) in [5, 5.41) is 0. The summed E-state index contributed by atoms with van der Waals surface area (Å²) >= 11 is 0. The molecule has 0 aliphatic heterocycles. The maximum absolute atomic E-state index is 6.16. The van der Waals surface area contributed by atoms with Gasteiger partial charge < -0.3 is 4.74 Å². The molecule has 0 radical (unpaired) electrons. The second-order valence-electron chi connectivity index (χ2n) is 8.42. The summed E-state index contributed by atoms with van der Waals surface area (Å²) < 4.78 is 6.16. The van der Waals surface area contributed by atoms with Crippen molar-refractivity contribution in [3.05, 3.63) is 0 Å². The van der Waals surface area contributed by atoms with E-state index in [4.69, 9.17) is 4.74 Å². The van der Waals surface area contributed by atoms with Crippen LogP contribution in [0.25, 0.3) is 0 Å². The molecule has 4 unspecified atom stereocenters. The lowest BCUT2D eigenvalue weighted by atomic mass is 9.66. The molecule has 4 atom stereocenters. The summed E-state index contributed by atoms with van der Waals surface area (Å²) in [5.41, 5.74) is 0. The molecule has 0 aromatic rings. The van der Waals surface area contributed by atoms with Gasteiger partial charge in [0.15, 0.2) is 0 Å². The lowest BCUT2D eigenvalue weighted by Gasteiger charge is -2.42. The van der Waals surface area contributed by atoms with Gasteiger partial charge in [0.1, 0.15) is 0 Å². The van der Waals surface area contributed by atoms with Gasteiger partial charge in [-0.15, -0.1) is 0 Å². The lowest BCUT2D eigenvalue weighted by molar-refractivity contribution is -0.0209. The van der Waals surface area contributed by atoms with Crippen LogP contribution in [-0.4, -0.2) is 12.7 Å². The van der Waals surface area contributed by atoms with E-state index in [0.29, 0.717) is 6.10 Å². The molecule has 2 saturated carbocycles. The van der Waals surface area contributed by atoms with E-state index in [1.807, 2.05) is 0 Å². The Morgan fingerprint density at radius 3 is 2.22 bits per heavy atom. The number of hydrogen-bond acceptors (Lipinski definition) is 1. The Hall–Kier alpha value is -0.0400. The normalized spacial score (nSPS) is 31.0. The molecular formula is C22H42O.